The Kier molecular flexibility index (Phi) is 6.71. The average molecular weight is 446 g/mol. The van der Waals surface area contributed by atoms with Crippen molar-refractivity contribution >= 4 is 35.0 Å². The first kappa shape index (κ1) is 23.1. The Balaban J connectivity index is 2.27. The summed E-state index contributed by atoms with van der Waals surface area (Å²) in [6.07, 6.45) is 1.73. The molecule has 32 heavy (non-hydrogen) atoms. The summed E-state index contributed by atoms with van der Waals surface area (Å²) in [5, 5.41) is 9.69. The highest BCUT2D eigenvalue weighted by Crippen LogP contribution is 2.48. The summed E-state index contributed by atoms with van der Waals surface area (Å²) in [6.45, 7) is 5.11. The molecule has 0 saturated heterocycles. The van der Waals surface area contributed by atoms with E-state index in [0.717, 1.165) is 12.2 Å². The van der Waals surface area contributed by atoms with E-state index in [1.54, 1.807) is 87.5 Å². The standard InChI is InChI=1S/C26H23O5P/c1-17-16-18(2)25(19(3)24(17)22(27)14-15-23(28)29)26(30)32(31,20-10-6-4-7-11-20)21-12-8-5-9-13-21/h4-16H,1-3H3,(H,28,29)/b15-14-. The molecule has 6 heteroatoms. The molecule has 0 aliphatic rings. The minimum Gasteiger partial charge on any atom is -0.478 e. The van der Waals surface area contributed by atoms with Crippen LogP contribution in [0.3, 0.4) is 0 Å². The average Bonchev–Trinajstić information content (AvgIpc) is 2.77. The Bertz CT molecular complexity index is 1230. The molecular weight excluding hydrogens is 423 g/mol. The smallest absolute Gasteiger partial charge is 0.328 e. The van der Waals surface area contributed by atoms with Crippen LogP contribution >= 0.6 is 7.14 Å². The Morgan fingerprint density at radius 2 is 1.22 bits per heavy atom. The third-order valence-corrected chi connectivity index (χ3v) is 8.18. The number of aliphatic carboxylic acids is 1. The molecule has 5 nitrogen and oxygen atoms in total. The molecule has 0 amide bonds. The molecule has 1 N–H and O–H groups in total. The van der Waals surface area contributed by atoms with E-state index < -0.39 is 24.4 Å². The molecule has 0 fully saturated rings. The maximum Gasteiger partial charge on any atom is 0.328 e. The number of carbonyl (C=O) groups is 3. The molecule has 0 atom stereocenters. The zero-order chi connectivity index (χ0) is 23.5. The van der Waals surface area contributed by atoms with Gasteiger partial charge in [0.25, 0.3) is 0 Å². The Hall–Kier alpha value is -3.56. The van der Waals surface area contributed by atoms with E-state index >= 15 is 0 Å². The van der Waals surface area contributed by atoms with Gasteiger partial charge in [-0.15, -0.1) is 0 Å². The number of hydrogen-bond acceptors (Lipinski definition) is 4. The monoisotopic (exact) mass is 446 g/mol. The fourth-order valence-electron chi connectivity index (χ4n) is 3.94. The Morgan fingerprint density at radius 3 is 1.69 bits per heavy atom. The van der Waals surface area contributed by atoms with Gasteiger partial charge in [0, 0.05) is 27.8 Å². The molecule has 0 bridgehead atoms. The van der Waals surface area contributed by atoms with Crippen LogP contribution in [0.5, 0.6) is 0 Å². The van der Waals surface area contributed by atoms with E-state index in [0.29, 0.717) is 27.3 Å². The predicted octanol–water partition coefficient (Wildman–Crippen LogP) is 4.59. The maximum absolute atomic E-state index is 14.5. The van der Waals surface area contributed by atoms with Crippen LogP contribution in [0.25, 0.3) is 0 Å². The fraction of sp³-hybridized carbons (Fsp3) is 0.115. The van der Waals surface area contributed by atoms with Crippen molar-refractivity contribution in [1.29, 1.82) is 0 Å². The van der Waals surface area contributed by atoms with Crippen molar-refractivity contribution in [2.45, 2.75) is 20.8 Å². The van der Waals surface area contributed by atoms with Crippen molar-refractivity contribution in [3.63, 3.8) is 0 Å². The zero-order valence-corrected chi connectivity index (χ0v) is 18.9. The molecular formula is C26H23O5P. The van der Waals surface area contributed by atoms with Crippen LogP contribution in [0, 0.1) is 20.8 Å². The van der Waals surface area contributed by atoms with Crippen molar-refractivity contribution in [3.8, 4) is 0 Å². The van der Waals surface area contributed by atoms with Crippen molar-refractivity contribution in [2.24, 2.45) is 0 Å². The highest BCUT2D eigenvalue weighted by atomic mass is 31.2. The van der Waals surface area contributed by atoms with Gasteiger partial charge in [0.1, 0.15) is 0 Å². The lowest BCUT2D eigenvalue weighted by atomic mass is 9.91. The van der Waals surface area contributed by atoms with Gasteiger partial charge in [0.15, 0.2) is 5.78 Å². The van der Waals surface area contributed by atoms with Gasteiger partial charge in [-0.3, -0.25) is 9.59 Å². The quantitative estimate of drug-likeness (QED) is 0.326. The summed E-state index contributed by atoms with van der Waals surface area (Å²) in [7, 11) is -3.75. The maximum atomic E-state index is 14.5. The number of carboxylic acids is 1. The molecule has 0 spiro atoms. The van der Waals surface area contributed by atoms with Crippen molar-refractivity contribution in [2.75, 3.05) is 0 Å². The molecule has 0 saturated carbocycles. The van der Waals surface area contributed by atoms with Gasteiger partial charge >= 0.3 is 5.97 Å². The SMILES string of the molecule is Cc1cc(C)c(C(=O)P(=O)(c2ccccc2)c2ccccc2)c(C)c1C(=O)/C=C\C(=O)O. The fourth-order valence-corrected chi connectivity index (χ4v) is 6.55. The zero-order valence-electron chi connectivity index (χ0n) is 18.0. The van der Waals surface area contributed by atoms with E-state index in [2.05, 4.69) is 0 Å². The van der Waals surface area contributed by atoms with E-state index in [4.69, 9.17) is 5.11 Å². The molecule has 162 valence electrons. The number of aryl methyl sites for hydroxylation is 2. The molecule has 0 unspecified atom stereocenters. The summed E-state index contributed by atoms with van der Waals surface area (Å²) < 4.78 is 14.5. The van der Waals surface area contributed by atoms with Gasteiger partial charge in [0.05, 0.1) is 0 Å². The van der Waals surface area contributed by atoms with Gasteiger partial charge in [-0.2, -0.15) is 0 Å². The van der Waals surface area contributed by atoms with Crippen LogP contribution in [0.15, 0.2) is 78.9 Å². The van der Waals surface area contributed by atoms with Crippen LogP contribution in [-0.2, 0) is 9.36 Å². The first-order valence-corrected chi connectivity index (χ1v) is 11.7. The number of ketones is 1. The third kappa shape index (κ3) is 4.25. The second-order valence-electron chi connectivity index (χ2n) is 7.51. The van der Waals surface area contributed by atoms with Gasteiger partial charge in [-0.25, -0.2) is 4.79 Å². The predicted molar refractivity (Wildman–Crippen MR) is 126 cm³/mol. The minimum atomic E-state index is -3.75. The third-order valence-electron chi connectivity index (χ3n) is 5.33. The molecule has 0 aliphatic heterocycles. The number of carboxylic acid groups (broad SMARTS) is 1. The second-order valence-corrected chi connectivity index (χ2v) is 10.2. The largest absolute Gasteiger partial charge is 0.478 e. The van der Waals surface area contributed by atoms with Crippen LogP contribution in [0.2, 0.25) is 0 Å². The lowest BCUT2D eigenvalue weighted by molar-refractivity contribution is -0.131. The van der Waals surface area contributed by atoms with Crippen molar-refractivity contribution in [1.82, 2.24) is 0 Å². The van der Waals surface area contributed by atoms with Crippen molar-refractivity contribution < 1.29 is 24.1 Å². The van der Waals surface area contributed by atoms with Gasteiger partial charge < -0.3 is 9.67 Å². The van der Waals surface area contributed by atoms with E-state index in [9.17, 15) is 18.9 Å². The molecule has 0 heterocycles. The Morgan fingerprint density at radius 1 is 0.750 bits per heavy atom. The number of allylic oxidation sites excluding steroid dienone is 1. The van der Waals surface area contributed by atoms with Gasteiger partial charge in [-0.05, 0) is 43.5 Å². The highest BCUT2D eigenvalue weighted by Gasteiger charge is 2.38. The van der Waals surface area contributed by atoms with Crippen LogP contribution in [0.4, 0.5) is 0 Å². The van der Waals surface area contributed by atoms with Crippen LogP contribution in [0.1, 0.15) is 37.4 Å². The van der Waals surface area contributed by atoms with Crippen molar-refractivity contribution in [3.05, 3.63) is 107 Å². The van der Waals surface area contributed by atoms with Crippen LogP contribution < -0.4 is 10.6 Å². The lowest BCUT2D eigenvalue weighted by Gasteiger charge is -2.22. The summed E-state index contributed by atoms with van der Waals surface area (Å²) in [5.74, 6) is -1.76. The molecule has 3 aromatic carbocycles. The summed E-state index contributed by atoms with van der Waals surface area (Å²) >= 11 is 0. The first-order valence-electron chi connectivity index (χ1n) is 10.00. The van der Waals surface area contributed by atoms with Gasteiger partial charge in [0.2, 0.25) is 12.7 Å². The minimum absolute atomic E-state index is 0.221. The molecule has 0 aliphatic carbocycles. The molecule has 3 aromatic rings. The summed E-state index contributed by atoms with van der Waals surface area (Å²) in [6, 6.07) is 18.9. The summed E-state index contributed by atoms with van der Waals surface area (Å²) in [4.78, 5) is 37.6. The molecule has 3 rings (SSSR count). The topological polar surface area (TPSA) is 88.5 Å². The number of benzene rings is 3. The lowest BCUT2D eigenvalue weighted by Crippen LogP contribution is -2.24. The first-order chi connectivity index (χ1) is 15.2. The van der Waals surface area contributed by atoms with E-state index in [1.807, 2.05) is 0 Å². The van der Waals surface area contributed by atoms with E-state index in [-0.39, 0.29) is 11.1 Å². The second kappa shape index (κ2) is 9.29. The molecule has 0 radical (unpaired) electrons. The normalized spacial score (nSPS) is 11.5. The molecule has 0 aromatic heterocycles. The Labute approximate surface area is 186 Å². The number of carbonyl (C=O) groups excluding carboxylic acids is 2. The number of rotatable bonds is 7. The highest BCUT2D eigenvalue weighted by molar-refractivity contribution is 7.93. The summed E-state index contributed by atoms with van der Waals surface area (Å²) in [5.41, 5.74) is 1.52. The number of hydrogen-bond donors (Lipinski definition) is 1. The van der Waals surface area contributed by atoms with E-state index in [1.165, 1.54) is 0 Å². The van der Waals surface area contributed by atoms with Crippen LogP contribution in [-0.4, -0.2) is 22.4 Å². The van der Waals surface area contributed by atoms with Gasteiger partial charge in [-0.1, -0.05) is 66.7 Å².